The van der Waals surface area contributed by atoms with Gasteiger partial charge >= 0.3 is 0 Å². The van der Waals surface area contributed by atoms with Crippen LogP contribution in [0.5, 0.6) is 0 Å². The van der Waals surface area contributed by atoms with E-state index in [9.17, 15) is 4.79 Å². The Balaban J connectivity index is 1.73. The first-order chi connectivity index (χ1) is 10.2. The number of rotatable bonds is 2. The summed E-state index contributed by atoms with van der Waals surface area (Å²) in [5.74, 6) is 0.183. The molecular weight excluding hydrogens is 284 g/mol. The van der Waals surface area contributed by atoms with E-state index in [2.05, 4.69) is 11.8 Å². The van der Waals surface area contributed by atoms with Gasteiger partial charge in [-0.05, 0) is 30.8 Å². The average Bonchev–Trinajstić information content (AvgIpc) is 2.97. The molecule has 2 saturated heterocycles. The second-order valence-electron chi connectivity index (χ2n) is 6.26. The van der Waals surface area contributed by atoms with Gasteiger partial charge in [-0.1, -0.05) is 6.92 Å². The van der Waals surface area contributed by atoms with Crippen molar-refractivity contribution >= 4 is 17.2 Å². The maximum absolute atomic E-state index is 12.6. The second kappa shape index (κ2) is 6.46. The second-order valence-corrected chi connectivity index (χ2v) is 7.04. The van der Waals surface area contributed by atoms with E-state index in [1.165, 1.54) is 0 Å². The van der Waals surface area contributed by atoms with Crippen LogP contribution in [0.2, 0.25) is 0 Å². The molecule has 21 heavy (non-hydrogen) atoms. The summed E-state index contributed by atoms with van der Waals surface area (Å²) in [6.07, 6.45) is 2.24. The zero-order chi connectivity index (χ0) is 14.7. The van der Waals surface area contributed by atoms with Gasteiger partial charge in [0.15, 0.2) is 0 Å². The first-order valence-corrected chi connectivity index (χ1v) is 8.78. The number of piperidine rings is 1. The molecule has 1 unspecified atom stereocenters. The smallest absolute Gasteiger partial charge is 0.254 e. The van der Waals surface area contributed by atoms with Gasteiger partial charge in [0.1, 0.15) is 0 Å². The van der Waals surface area contributed by atoms with Crippen LogP contribution in [-0.2, 0) is 4.74 Å². The highest BCUT2D eigenvalue weighted by molar-refractivity contribution is 7.08. The lowest BCUT2D eigenvalue weighted by Gasteiger charge is -2.43. The lowest BCUT2D eigenvalue weighted by Crippen LogP contribution is -2.52. The zero-order valence-corrected chi connectivity index (χ0v) is 13.5. The molecule has 2 aliphatic heterocycles. The van der Waals surface area contributed by atoms with Crippen LogP contribution in [0.15, 0.2) is 16.8 Å². The molecule has 3 rings (SSSR count). The number of carbonyl (C=O) groups excluding carboxylic acids is 1. The topological polar surface area (TPSA) is 32.8 Å². The molecule has 3 heterocycles. The Labute approximate surface area is 130 Å². The molecule has 0 radical (unpaired) electrons. The minimum absolute atomic E-state index is 0.121. The van der Waals surface area contributed by atoms with E-state index in [0.29, 0.717) is 0 Å². The highest BCUT2D eigenvalue weighted by Crippen LogP contribution is 2.33. The lowest BCUT2D eigenvalue weighted by atomic mass is 9.80. The minimum atomic E-state index is 0.121. The minimum Gasteiger partial charge on any atom is -0.379 e. The van der Waals surface area contributed by atoms with Crippen molar-refractivity contribution < 1.29 is 9.53 Å². The molecule has 4 nitrogen and oxygen atoms in total. The van der Waals surface area contributed by atoms with E-state index in [0.717, 1.165) is 64.3 Å². The molecule has 2 fully saturated rings. The third-order valence-corrected chi connectivity index (χ3v) is 5.37. The van der Waals surface area contributed by atoms with Crippen LogP contribution >= 0.6 is 11.3 Å². The number of amides is 1. The molecule has 116 valence electrons. The SMILES string of the molecule is CCN1CCOCC2(CCCN(C(=O)c3ccsc3)C2)C1. The molecule has 1 spiro atoms. The predicted octanol–water partition coefficient (Wildman–Crippen LogP) is 2.32. The lowest BCUT2D eigenvalue weighted by molar-refractivity contribution is 0.00769. The van der Waals surface area contributed by atoms with Crippen LogP contribution in [0.25, 0.3) is 0 Å². The van der Waals surface area contributed by atoms with Crippen molar-refractivity contribution in [2.45, 2.75) is 19.8 Å². The molecule has 0 aromatic carbocycles. The fraction of sp³-hybridized carbons (Fsp3) is 0.688. The maximum Gasteiger partial charge on any atom is 0.254 e. The molecule has 2 aliphatic rings. The van der Waals surface area contributed by atoms with Gasteiger partial charge < -0.3 is 14.5 Å². The molecule has 1 atom stereocenters. The summed E-state index contributed by atoms with van der Waals surface area (Å²) in [7, 11) is 0. The predicted molar refractivity (Wildman–Crippen MR) is 84.8 cm³/mol. The molecule has 5 heteroatoms. The number of ether oxygens (including phenoxy) is 1. The van der Waals surface area contributed by atoms with Crippen LogP contribution in [0.4, 0.5) is 0 Å². The number of carbonyl (C=O) groups is 1. The van der Waals surface area contributed by atoms with Crippen molar-refractivity contribution in [3.8, 4) is 0 Å². The number of thiophene rings is 1. The highest BCUT2D eigenvalue weighted by Gasteiger charge is 2.40. The number of hydrogen-bond acceptors (Lipinski definition) is 4. The van der Waals surface area contributed by atoms with Gasteiger partial charge in [0.2, 0.25) is 0 Å². The number of likely N-dealkylation sites (tertiary alicyclic amines) is 1. The van der Waals surface area contributed by atoms with E-state index in [1.54, 1.807) is 11.3 Å². The molecule has 1 aromatic rings. The van der Waals surface area contributed by atoms with E-state index >= 15 is 0 Å². The van der Waals surface area contributed by atoms with Gasteiger partial charge in [-0.2, -0.15) is 11.3 Å². The Morgan fingerprint density at radius 3 is 3.10 bits per heavy atom. The quantitative estimate of drug-likeness (QED) is 0.840. The first-order valence-electron chi connectivity index (χ1n) is 7.84. The van der Waals surface area contributed by atoms with Crippen molar-refractivity contribution in [2.75, 3.05) is 45.9 Å². The highest BCUT2D eigenvalue weighted by atomic mass is 32.1. The van der Waals surface area contributed by atoms with Gasteiger partial charge in [-0.25, -0.2) is 0 Å². The largest absolute Gasteiger partial charge is 0.379 e. The van der Waals surface area contributed by atoms with Crippen molar-refractivity contribution in [3.05, 3.63) is 22.4 Å². The summed E-state index contributed by atoms with van der Waals surface area (Å²) < 4.78 is 5.86. The monoisotopic (exact) mass is 308 g/mol. The summed E-state index contributed by atoms with van der Waals surface area (Å²) in [6.45, 7) is 8.64. The van der Waals surface area contributed by atoms with Crippen LogP contribution in [0, 0.1) is 5.41 Å². The summed E-state index contributed by atoms with van der Waals surface area (Å²) in [5, 5.41) is 3.92. The Morgan fingerprint density at radius 2 is 2.33 bits per heavy atom. The van der Waals surface area contributed by atoms with Gasteiger partial charge in [0.05, 0.1) is 18.8 Å². The molecular formula is C16H24N2O2S. The fourth-order valence-corrected chi connectivity index (χ4v) is 4.18. The fourth-order valence-electron chi connectivity index (χ4n) is 3.55. The molecule has 1 aromatic heterocycles. The van der Waals surface area contributed by atoms with Crippen molar-refractivity contribution in [1.82, 2.24) is 9.80 Å². The summed E-state index contributed by atoms with van der Waals surface area (Å²) >= 11 is 1.59. The Bertz CT molecular complexity index is 477. The number of hydrogen-bond donors (Lipinski definition) is 0. The standard InChI is InChI=1S/C16H24N2O2S/c1-2-17-7-8-20-13-16(11-17)5-3-6-18(12-16)15(19)14-4-9-21-10-14/h4,9-10H,2-3,5-8,11-13H2,1H3. The van der Waals surface area contributed by atoms with E-state index < -0.39 is 0 Å². The molecule has 1 amide bonds. The van der Waals surface area contributed by atoms with E-state index in [-0.39, 0.29) is 11.3 Å². The van der Waals surface area contributed by atoms with Gasteiger partial charge in [0, 0.05) is 37.0 Å². The van der Waals surface area contributed by atoms with E-state index in [4.69, 9.17) is 4.74 Å². The Morgan fingerprint density at radius 1 is 1.43 bits per heavy atom. The van der Waals surface area contributed by atoms with Gasteiger partial charge in [0.25, 0.3) is 5.91 Å². The molecule has 0 bridgehead atoms. The zero-order valence-electron chi connectivity index (χ0n) is 12.7. The molecule has 0 N–H and O–H groups in total. The van der Waals surface area contributed by atoms with Crippen molar-refractivity contribution in [1.29, 1.82) is 0 Å². The maximum atomic E-state index is 12.6. The van der Waals surface area contributed by atoms with E-state index in [1.807, 2.05) is 21.7 Å². The van der Waals surface area contributed by atoms with Gasteiger partial charge in [-0.3, -0.25) is 4.79 Å². The van der Waals surface area contributed by atoms with Gasteiger partial charge in [-0.15, -0.1) is 0 Å². The third kappa shape index (κ3) is 3.30. The summed E-state index contributed by atoms with van der Waals surface area (Å²) in [6, 6.07) is 1.93. The summed E-state index contributed by atoms with van der Waals surface area (Å²) in [4.78, 5) is 17.1. The first kappa shape index (κ1) is 15.0. The third-order valence-electron chi connectivity index (χ3n) is 4.68. The van der Waals surface area contributed by atoms with Crippen LogP contribution in [0.3, 0.4) is 0 Å². The molecule has 0 aliphatic carbocycles. The van der Waals surface area contributed by atoms with Crippen LogP contribution in [0.1, 0.15) is 30.1 Å². The number of likely N-dealkylation sites (N-methyl/N-ethyl adjacent to an activating group) is 1. The van der Waals surface area contributed by atoms with Crippen LogP contribution in [-0.4, -0.2) is 61.6 Å². The normalized spacial score (nSPS) is 27.8. The number of nitrogens with zero attached hydrogens (tertiary/aromatic N) is 2. The summed E-state index contributed by atoms with van der Waals surface area (Å²) in [5.41, 5.74) is 0.954. The molecule has 0 saturated carbocycles. The van der Waals surface area contributed by atoms with Crippen LogP contribution < -0.4 is 0 Å². The average molecular weight is 308 g/mol. The van der Waals surface area contributed by atoms with Crippen molar-refractivity contribution in [2.24, 2.45) is 5.41 Å². The van der Waals surface area contributed by atoms with Crippen molar-refractivity contribution in [3.63, 3.8) is 0 Å². The Hall–Kier alpha value is -0.910. The Kier molecular flexibility index (Phi) is 4.62.